The molecule has 0 bridgehead atoms. The van der Waals surface area contributed by atoms with Gasteiger partial charge >= 0.3 is 6.18 Å². The molecule has 2 rings (SSSR count). The van der Waals surface area contributed by atoms with E-state index in [-0.39, 0.29) is 11.0 Å². The molecule has 1 aliphatic heterocycles. The van der Waals surface area contributed by atoms with Gasteiger partial charge in [-0.25, -0.2) is 0 Å². The Bertz CT molecular complexity index is 470. The average molecular weight is 285 g/mol. The van der Waals surface area contributed by atoms with Crippen LogP contribution >= 0.6 is 0 Å². The van der Waals surface area contributed by atoms with Crippen molar-refractivity contribution < 1.29 is 13.2 Å². The first-order valence-corrected chi connectivity index (χ1v) is 7.01. The summed E-state index contributed by atoms with van der Waals surface area (Å²) in [6.07, 6.45) is -2.12. The minimum atomic E-state index is -4.27. The van der Waals surface area contributed by atoms with Crippen LogP contribution in [-0.2, 0) is 6.18 Å². The van der Waals surface area contributed by atoms with Crippen LogP contribution in [0.15, 0.2) is 24.3 Å². The summed E-state index contributed by atoms with van der Waals surface area (Å²) >= 11 is 0. The number of rotatable bonds is 1. The Kier molecular flexibility index (Phi) is 3.55. The summed E-state index contributed by atoms with van der Waals surface area (Å²) in [5.74, 6) is 0. The van der Waals surface area contributed by atoms with Crippen LogP contribution in [0.3, 0.4) is 0 Å². The van der Waals surface area contributed by atoms with Crippen LogP contribution in [-0.4, -0.2) is 12.1 Å². The van der Waals surface area contributed by atoms with Crippen molar-refractivity contribution >= 4 is 5.69 Å². The Morgan fingerprint density at radius 3 is 2.05 bits per heavy atom. The van der Waals surface area contributed by atoms with E-state index in [1.807, 2.05) is 0 Å². The van der Waals surface area contributed by atoms with Gasteiger partial charge in [0.15, 0.2) is 0 Å². The molecule has 1 atom stereocenters. The predicted molar refractivity (Wildman–Crippen MR) is 75.9 cm³/mol. The SMILES string of the molecule is CC(C)(C)[C@]1(C)CCCN1c1ccc(C(F)(F)F)cc1. The summed E-state index contributed by atoms with van der Waals surface area (Å²) in [5, 5.41) is 0. The standard InChI is InChI=1S/C16H22F3N/c1-14(2,3)15(4)10-5-11-20(15)13-8-6-12(7-9-13)16(17,18)19/h6-9H,5,10-11H2,1-4H3/t15-/m0/s1. The molecule has 0 radical (unpaired) electrons. The number of halogens is 3. The monoisotopic (exact) mass is 285 g/mol. The molecule has 0 aromatic heterocycles. The minimum Gasteiger partial charge on any atom is -0.366 e. The second-order valence-corrected chi connectivity index (χ2v) is 6.82. The smallest absolute Gasteiger partial charge is 0.366 e. The molecule has 1 aliphatic rings. The highest BCUT2D eigenvalue weighted by Crippen LogP contribution is 2.45. The molecular formula is C16H22F3N. The highest BCUT2D eigenvalue weighted by Gasteiger charge is 2.45. The molecule has 1 heterocycles. The summed E-state index contributed by atoms with van der Waals surface area (Å²) in [6, 6.07) is 5.55. The Balaban J connectivity index is 2.32. The van der Waals surface area contributed by atoms with E-state index in [2.05, 4.69) is 32.6 Å². The molecule has 4 heteroatoms. The summed E-state index contributed by atoms with van der Waals surface area (Å²) < 4.78 is 37.9. The topological polar surface area (TPSA) is 3.24 Å². The fourth-order valence-electron chi connectivity index (χ4n) is 2.99. The van der Waals surface area contributed by atoms with Crippen LogP contribution in [0.1, 0.15) is 46.1 Å². The van der Waals surface area contributed by atoms with Gasteiger partial charge in [0.1, 0.15) is 0 Å². The lowest BCUT2D eigenvalue weighted by atomic mass is 9.73. The van der Waals surface area contributed by atoms with E-state index < -0.39 is 11.7 Å². The lowest BCUT2D eigenvalue weighted by Gasteiger charge is -2.47. The molecule has 1 aromatic carbocycles. The van der Waals surface area contributed by atoms with Crippen molar-refractivity contribution in [3.63, 3.8) is 0 Å². The Morgan fingerprint density at radius 1 is 1.05 bits per heavy atom. The van der Waals surface area contributed by atoms with E-state index in [0.717, 1.165) is 25.1 Å². The van der Waals surface area contributed by atoms with E-state index in [1.54, 1.807) is 12.1 Å². The zero-order chi connectivity index (χ0) is 15.2. The summed E-state index contributed by atoms with van der Waals surface area (Å²) in [5.41, 5.74) is 0.352. The van der Waals surface area contributed by atoms with Crippen LogP contribution < -0.4 is 4.90 Å². The van der Waals surface area contributed by atoms with Gasteiger partial charge in [-0.1, -0.05) is 20.8 Å². The van der Waals surface area contributed by atoms with Crippen molar-refractivity contribution in [1.29, 1.82) is 0 Å². The van der Waals surface area contributed by atoms with E-state index in [1.165, 1.54) is 12.1 Å². The van der Waals surface area contributed by atoms with Gasteiger partial charge in [0.25, 0.3) is 0 Å². The van der Waals surface area contributed by atoms with Crippen molar-refractivity contribution in [2.75, 3.05) is 11.4 Å². The lowest BCUT2D eigenvalue weighted by molar-refractivity contribution is -0.137. The van der Waals surface area contributed by atoms with Gasteiger partial charge in [0.2, 0.25) is 0 Å². The van der Waals surface area contributed by atoms with Crippen LogP contribution in [0, 0.1) is 5.41 Å². The Morgan fingerprint density at radius 2 is 1.60 bits per heavy atom. The maximum Gasteiger partial charge on any atom is 0.416 e. The highest BCUT2D eigenvalue weighted by molar-refractivity contribution is 5.52. The minimum absolute atomic E-state index is 0.0211. The van der Waals surface area contributed by atoms with Gasteiger partial charge in [0.05, 0.1) is 5.56 Å². The fraction of sp³-hybridized carbons (Fsp3) is 0.625. The van der Waals surface area contributed by atoms with Crippen molar-refractivity contribution in [3.8, 4) is 0 Å². The molecule has 0 N–H and O–H groups in total. The third-order valence-corrected chi connectivity index (χ3v) is 4.76. The molecule has 1 fully saturated rings. The normalized spacial score (nSPS) is 24.2. The number of anilines is 1. The first kappa shape index (κ1) is 15.2. The van der Waals surface area contributed by atoms with Crippen molar-refractivity contribution in [1.82, 2.24) is 0 Å². The number of nitrogens with zero attached hydrogens (tertiary/aromatic N) is 1. The summed E-state index contributed by atoms with van der Waals surface area (Å²) in [7, 11) is 0. The van der Waals surface area contributed by atoms with Gasteiger partial charge < -0.3 is 4.90 Å². The quantitative estimate of drug-likeness (QED) is 0.693. The van der Waals surface area contributed by atoms with E-state index >= 15 is 0 Å². The third kappa shape index (κ3) is 2.52. The largest absolute Gasteiger partial charge is 0.416 e. The third-order valence-electron chi connectivity index (χ3n) is 4.76. The van der Waals surface area contributed by atoms with E-state index in [4.69, 9.17) is 0 Å². The Hall–Kier alpha value is -1.19. The average Bonchev–Trinajstić information content (AvgIpc) is 2.71. The number of hydrogen-bond acceptors (Lipinski definition) is 1. The van der Waals surface area contributed by atoms with Crippen LogP contribution in [0.25, 0.3) is 0 Å². The zero-order valence-corrected chi connectivity index (χ0v) is 12.5. The van der Waals surface area contributed by atoms with Gasteiger partial charge in [-0.05, 0) is 49.4 Å². The maximum absolute atomic E-state index is 12.6. The van der Waals surface area contributed by atoms with Gasteiger partial charge in [-0.15, -0.1) is 0 Å². The van der Waals surface area contributed by atoms with Gasteiger partial charge in [0, 0.05) is 17.8 Å². The van der Waals surface area contributed by atoms with Crippen molar-refractivity contribution in [3.05, 3.63) is 29.8 Å². The fourth-order valence-corrected chi connectivity index (χ4v) is 2.99. The molecule has 1 nitrogen and oxygen atoms in total. The summed E-state index contributed by atoms with van der Waals surface area (Å²) in [6.45, 7) is 9.68. The van der Waals surface area contributed by atoms with E-state index in [9.17, 15) is 13.2 Å². The number of benzene rings is 1. The highest BCUT2D eigenvalue weighted by atomic mass is 19.4. The molecule has 1 saturated heterocycles. The van der Waals surface area contributed by atoms with E-state index in [0.29, 0.717) is 0 Å². The van der Waals surface area contributed by atoms with Gasteiger partial charge in [-0.2, -0.15) is 13.2 Å². The van der Waals surface area contributed by atoms with Crippen molar-refractivity contribution in [2.24, 2.45) is 5.41 Å². The zero-order valence-electron chi connectivity index (χ0n) is 12.5. The Labute approximate surface area is 118 Å². The van der Waals surface area contributed by atoms with Crippen molar-refractivity contribution in [2.45, 2.75) is 52.3 Å². The second kappa shape index (κ2) is 4.68. The van der Waals surface area contributed by atoms with Crippen LogP contribution in [0.4, 0.5) is 18.9 Å². The molecule has 0 amide bonds. The molecule has 0 unspecified atom stereocenters. The second-order valence-electron chi connectivity index (χ2n) is 6.82. The molecular weight excluding hydrogens is 263 g/mol. The molecule has 1 aromatic rings. The molecule has 0 aliphatic carbocycles. The van der Waals surface area contributed by atoms with Crippen LogP contribution in [0.2, 0.25) is 0 Å². The first-order chi connectivity index (χ1) is 9.06. The molecule has 0 spiro atoms. The number of hydrogen-bond donors (Lipinski definition) is 0. The predicted octanol–water partition coefficient (Wildman–Crippen LogP) is 5.11. The first-order valence-electron chi connectivity index (χ1n) is 7.01. The summed E-state index contributed by atoms with van der Waals surface area (Å²) in [4.78, 5) is 2.26. The van der Waals surface area contributed by atoms with Gasteiger partial charge in [-0.3, -0.25) is 0 Å². The lowest BCUT2D eigenvalue weighted by Crippen LogP contribution is -2.51. The molecule has 112 valence electrons. The maximum atomic E-state index is 12.6. The van der Waals surface area contributed by atoms with Crippen LogP contribution in [0.5, 0.6) is 0 Å². The molecule has 0 saturated carbocycles. The number of alkyl halides is 3. The molecule has 20 heavy (non-hydrogen) atoms.